The molecule has 0 saturated heterocycles. The molecule has 0 aliphatic carbocycles. The predicted molar refractivity (Wildman–Crippen MR) is 77.3 cm³/mol. The first-order valence-electron chi connectivity index (χ1n) is 6.07. The van der Waals surface area contributed by atoms with Gasteiger partial charge in [0.25, 0.3) is 0 Å². The van der Waals surface area contributed by atoms with Crippen molar-refractivity contribution >= 4 is 23.6 Å². The van der Waals surface area contributed by atoms with Crippen molar-refractivity contribution in [2.45, 2.75) is 18.9 Å². The molecule has 1 aromatic rings. The fourth-order valence-electron chi connectivity index (χ4n) is 1.77. The van der Waals surface area contributed by atoms with Crippen molar-refractivity contribution in [3.8, 4) is 0 Å². The van der Waals surface area contributed by atoms with Crippen LogP contribution in [-0.2, 0) is 16.0 Å². The maximum Gasteiger partial charge on any atom is 0.326 e. The largest absolute Gasteiger partial charge is 0.480 e. The number of hydrogen-bond donors (Lipinski definition) is 1. The number of hydrogen-bond acceptors (Lipinski definition) is 3. The van der Waals surface area contributed by atoms with Gasteiger partial charge in [-0.1, -0.05) is 30.3 Å². The van der Waals surface area contributed by atoms with Gasteiger partial charge in [0, 0.05) is 25.6 Å². The normalized spacial score (nSPS) is 11.9. The Morgan fingerprint density at radius 1 is 1.32 bits per heavy atom. The summed E-state index contributed by atoms with van der Waals surface area (Å²) in [5, 5.41) is 9.28. The lowest BCUT2D eigenvalue weighted by molar-refractivity contribution is -0.148. The van der Waals surface area contributed by atoms with Crippen LogP contribution in [0.15, 0.2) is 30.3 Å². The van der Waals surface area contributed by atoms with Crippen molar-refractivity contribution in [2.75, 3.05) is 19.1 Å². The molecule has 4 nitrogen and oxygen atoms in total. The van der Waals surface area contributed by atoms with Crippen LogP contribution in [0.2, 0.25) is 0 Å². The molecule has 0 saturated carbocycles. The Labute approximate surface area is 117 Å². The van der Waals surface area contributed by atoms with Crippen LogP contribution in [0.3, 0.4) is 0 Å². The molecule has 0 fully saturated rings. The van der Waals surface area contributed by atoms with Crippen molar-refractivity contribution in [1.82, 2.24) is 4.90 Å². The summed E-state index contributed by atoms with van der Waals surface area (Å²) in [4.78, 5) is 24.6. The van der Waals surface area contributed by atoms with E-state index in [4.69, 9.17) is 0 Å². The molecule has 104 valence electrons. The molecule has 0 bridgehead atoms. The van der Waals surface area contributed by atoms with E-state index in [9.17, 15) is 14.7 Å². The fourth-order valence-corrected chi connectivity index (χ4v) is 2.15. The minimum Gasteiger partial charge on any atom is -0.480 e. The smallest absolute Gasteiger partial charge is 0.326 e. The summed E-state index contributed by atoms with van der Waals surface area (Å²) in [6.07, 6.45) is 2.62. The number of thioether (sulfide) groups is 1. The van der Waals surface area contributed by atoms with Crippen LogP contribution in [-0.4, -0.2) is 47.0 Å². The monoisotopic (exact) mass is 281 g/mol. The highest BCUT2D eigenvalue weighted by Gasteiger charge is 2.26. The summed E-state index contributed by atoms with van der Waals surface area (Å²) < 4.78 is 0. The van der Waals surface area contributed by atoms with E-state index in [0.717, 1.165) is 5.56 Å². The van der Waals surface area contributed by atoms with Gasteiger partial charge in [0.05, 0.1) is 0 Å². The number of rotatable bonds is 7. The fraction of sp³-hybridized carbons (Fsp3) is 0.429. The van der Waals surface area contributed by atoms with E-state index in [1.54, 1.807) is 18.8 Å². The Bertz CT molecular complexity index is 422. The van der Waals surface area contributed by atoms with Gasteiger partial charge in [-0.15, -0.1) is 0 Å². The minimum absolute atomic E-state index is 0.127. The number of amides is 1. The molecule has 1 N–H and O–H groups in total. The van der Waals surface area contributed by atoms with Crippen LogP contribution < -0.4 is 0 Å². The summed E-state index contributed by atoms with van der Waals surface area (Å²) in [5.74, 6) is -0.387. The third-order valence-electron chi connectivity index (χ3n) is 2.94. The van der Waals surface area contributed by atoms with Gasteiger partial charge in [0.15, 0.2) is 0 Å². The van der Waals surface area contributed by atoms with Crippen LogP contribution in [0, 0.1) is 0 Å². The first-order valence-corrected chi connectivity index (χ1v) is 7.47. The standard InChI is InChI=1S/C14H19NO3S/c1-15(13(16)8-9-19-2)12(14(17)18)10-11-6-4-3-5-7-11/h3-7,12H,8-10H2,1-2H3,(H,17,18). The lowest BCUT2D eigenvalue weighted by Crippen LogP contribution is -2.44. The van der Waals surface area contributed by atoms with Crippen LogP contribution >= 0.6 is 11.8 Å². The lowest BCUT2D eigenvalue weighted by atomic mass is 10.0. The zero-order valence-corrected chi connectivity index (χ0v) is 12.0. The third-order valence-corrected chi connectivity index (χ3v) is 3.55. The van der Waals surface area contributed by atoms with E-state index in [0.29, 0.717) is 18.6 Å². The number of likely N-dealkylation sites (N-methyl/N-ethyl adjacent to an activating group) is 1. The average molecular weight is 281 g/mol. The Morgan fingerprint density at radius 3 is 2.47 bits per heavy atom. The average Bonchev–Trinajstić information content (AvgIpc) is 2.42. The summed E-state index contributed by atoms with van der Waals surface area (Å²) in [5.41, 5.74) is 0.916. The summed E-state index contributed by atoms with van der Waals surface area (Å²) in [7, 11) is 1.56. The lowest BCUT2D eigenvalue weighted by Gasteiger charge is -2.25. The van der Waals surface area contributed by atoms with Crippen LogP contribution in [0.25, 0.3) is 0 Å². The number of carbonyl (C=O) groups is 2. The minimum atomic E-state index is -0.969. The van der Waals surface area contributed by atoms with E-state index in [1.165, 1.54) is 4.90 Å². The molecule has 1 amide bonds. The maximum atomic E-state index is 11.9. The first kappa shape index (κ1) is 15.6. The molecule has 1 rings (SSSR count). The number of carboxylic acid groups (broad SMARTS) is 1. The van der Waals surface area contributed by atoms with Gasteiger partial charge in [0.1, 0.15) is 6.04 Å². The molecule has 1 atom stereocenters. The van der Waals surface area contributed by atoms with Gasteiger partial charge >= 0.3 is 5.97 Å². The SMILES string of the molecule is CSCCC(=O)N(C)C(Cc1ccccc1)C(=O)O. The van der Waals surface area contributed by atoms with Crippen molar-refractivity contribution in [2.24, 2.45) is 0 Å². The number of carbonyl (C=O) groups excluding carboxylic acids is 1. The van der Waals surface area contributed by atoms with Gasteiger partial charge in [-0.25, -0.2) is 4.79 Å². The van der Waals surface area contributed by atoms with E-state index < -0.39 is 12.0 Å². The van der Waals surface area contributed by atoms with Gasteiger partial charge in [0.2, 0.25) is 5.91 Å². The Balaban J connectivity index is 2.72. The molecule has 0 aliphatic heterocycles. The molecule has 5 heteroatoms. The zero-order valence-electron chi connectivity index (χ0n) is 11.2. The topological polar surface area (TPSA) is 57.6 Å². The molecular formula is C14H19NO3S. The Kier molecular flexibility index (Phi) is 6.42. The second-order valence-electron chi connectivity index (χ2n) is 4.29. The zero-order chi connectivity index (χ0) is 14.3. The van der Waals surface area contributed by atoms with Gasteiger partial charge < -0.3 is 10.0 Å². The highest BCUT2D eigenvalue weighted by Crippen LogP contribution is 2.10. The number of carboxylic acids is 1. The van der Waals surface area contributed by atoms with Gasteiger partial charge in [-0.3, -0.25) is 4.79 Å². The molecule has 0 aliphatic rings. The van der Waals surface area contributed by atoms with Crippen molar-refractivity contribution in [3.05, 3.63) is 35.9 Å². The summed E-state index contributed by atoms with van der Waals surface area (Å²) in [6, 6.07) is 8.55. The van der Waals surface area contributed by atoms with E-state index >= 15 is 0 Å². The van der Waals surface area contributed by atoms with Crippen LogP contribution in [0.4, 0.5) is 0 Å². The number of benzene rings is 1. The first-order chi connectivity index (χ1) is 9.06. The molecule has 0 spiro atoms. The summed E-state index contributed by atoms with van der Waals surface area (Å²) in [6.45, 7) is 0. The Hall–Kier alpha value is -1.49. The van der Waals surface area contributed by atoms with Crippen LogP contribution in [0.1, 0.15) is 12.0 Å². The molecular weight excluding hydrogens is 262 g/mol. The third kappa shape index (κ3) is 4.95. The maximum absolute atomic E-state index is 11.9. The quantitative estimate of drug-likeness (QED) is 0.829. The van der Waals surface area contributed by atoms with Crippen molar-refractivity contribution in [3.63, 3.8) is 0 Å². The molecule has 1 aromatic carbocycles. The Morgan fingerprint density at radius 2 is 1.95 bits per heavy atom. The van der Waals surface area contributed by atoms with E-state index in [1.807, 2.05) is 36.6 Å². The van der Waals surface area contributed by atoms with Crippen molar-refractivity contribution in [1.29, 1.82) is 0 Å². The highest BCUT2D eigenvalue weighted by molar-refractivity contribution is 7.98. The highest BCUT2D eigenvalue weighted by atomic mass is 32.2. The molecule has 19 heavy (non-hydrogen) atoms. The van der Waals surface area contributed by atoms with E-state index in [2.05, 4.69) is 0 Å². The number of nitrogens with zero attached hydrogens (tertiary/aromatic N) is 1. The second kappa shape index (κ2) is 7.84. The molecule has 0 radical (unpaired) electrons. The molecule has 0 aromatic heterocycles. The van der Waals surface area contributed by atoms with Crippen molar-refractivity contribution < 1.29 is 14.7 Å². The van der Waals surface area contributed by atoms with Gasteiger partial charge in [-0.2, -0.15) is 11.8 Å². The van der Waals surface area contributed by atoms with E-state index in [-0.39, 0.29) is 5.91 Å². The molecule has 0 heterocycles. The number of aliphatic carboxylic acids is 1. The molecule has 1 unspecified atom stereocenters. The predicted octanol–water partition coefficient (Wildman–Crippen LogP) is 1.89. The summed E-state index contributed by atoms with van der Waals surface area (Å²) >= 11 is 1.58. The van der Waals surface area contributed by atoms with Gasteiger partial charge in [-0.05, 0) is 11.8 Å². The second-order valence-corrected chi connectivity index (χ2v) is 5.28. The van der Waals surface area contributed by atoms with Crippen LogP contribution in [0.5, 0.6) is 0 Å².